The van der Waals surface area contributed by atoms with Gasteiger partial charge in [0.15, 0.2) is 0 Å². The van der Waals surface area contributed by atoms with E-state index >= 15 is 0 Å². The van der Waals surface area contributed by atoms with E-state index in [-0.39, 0.29) is 0 Å². The first-order chi connectivity index (χ1) is 8.18. The fraction of sp³-hybridized carbons (Fsp3) is 1.00. The highest BCUT2D eigenvalue weighted by atomic mass is 15.3. The van der Waals surface area contributed by atoms with Crippen molar-refractivity contribution in [3.05, 3.63) is 0 Å². The molecule has 0 aromatic carbocycles. The van der Waals surface area contributed by atoms with Crippen molar-refractivity contribution in [2.75, 3.05) is 13.1 Å². The van der Waals surface area contributed by atoms with Gasteiger partial charge in [0, 0.05) is 18.1 Å². The molecule has 0 amide bonds. The maximum absolute atomic E-state index is 6.17. The number of hydrogen-bond donors (Lipinski definition) is 1. The van der Waals surface area contributed by atoms with E-state index in [1.807, 2.05) is 0 Å². The summed E-state index contributed by atoms with van der Waals surface area (Å²) in [5, 5.41) is 0. The lowest BCUT2D eigenvalue weighted by atomic mass is 9.79. The van der Waals surface area contributed by atoms with Crippen LogP contribution < -0.4 is 5.73 Å². The molecule has 100 valence electrons. The van der Waals surface area contributed by atoms with E-state index in [9.17, 15) is 0 Å². The minimum atomic E-state index is 0.369. The first-order valence-corrected chi connectivity index (χ1v) is 7.65. The van der Waals surface area contributed by atoms with Crippen LogP contribution in [-0.4, -0.2) is 29.6 Å². The molecule has 0 unspecified atom stereocenters. The van der Waals surface area contributed by atoms with Crippen molar-refractivity contribution in [3.63, 3.8) is 0 Å². The molecule has 0 aliphatic heterocycles. The van der Waals surface area contributed by atoms with Crippen molar-refractivity contribution in [1.29, 1.82) is 0 Å². The maximum atomic E-state index is 6.17. The van der Waals surface area contributed by atoms with Gasteiger partial charge in [-0.05, 0) is 44.6 Å². The molecule has 0 spiro atoms. The van der Waals surface area contributed by atoms with Crippen LogP contribution in [-0.2, 0) is 0 Å². The highest BCUT2D eigenvalue weighted by molar-refractivity contribution is 5.00. The molecule has 17 heavy (non-hydrogen) atoms. The summed E-state index contributed by atoms with van der Waals surface area (Å²) >= 11 is 0. The molecule has 2 aliphatic rings. The van der Waals surface area contributed by atoms with E-state index in [0.29, 0.717) is 5.54 Å². The Balaban J connectivity index is 2.01. The van der Waals surface area contributed by atoms with E-state index in [0.717, 1.165) is 18.5 Å². The van der Waals surface area contributed by atoms with Gasteiger partial charge < -0.3 is 5.73 Å². The molecule has 2 rings (SSSR count). The van der Waals surface area contributed by atoms with Gasteiger partial charge in [-0.2, -0.15) is 0 Å². The molecular weight excluding hydrogens is 208 g/mol. The van der Waals surface area contributed by atoms with Crippen LogP contribution in [0.25, 0.3) is 0 Å². The van der Waals surface area contributed by atoms with E-state index in [1.54, 1.807) is 0 Å². The Morgan fingerprint density at radius 1 is 1.18 bits per heavy atom. The van der Waals surface area contributed by atoms with Crippen molar-refractivity contribution in [1.82, 2.24) is 4.90 Å². The zero-order valence-electron chi connectivity index (χ0n) is 11.8. The molecule has 2 N–H and O–H groups in total. The molecule has 0 heterocycles. The average Bonchev–Trinajstić information content (AvgIpc) is 3.14. The van der Waals surface area contributed by atoms with Gasteiger partial charge in [-0.1, -0.05) is 33.1 Å². The summed E-state index contributed by atoms with van der Waals surface area (Å²) in [6.07, 6.45) is 11.1. The predicted octanol–water partition coefficient (Wildman–Crippen LogP) is 3.16. The number of rotatable bonds is 6. The topological polar surface area (TPSA) is 29.3 Å². The molecular formula is C15H30N2. The van der Waals surface area contributed by atoms with Gasteiger partial charge in [-0.3, -0.25) is 4.90 Å². The number of nitrogens with zero attached hydrogens (tertiary/aromatic N) is 1. The zero-order valence-corrected chi connectivity index (χ0v) is 11.8. The van der Waals surface area contributed by atoms with Gasteiger partial charge in [0.2, 0.25) is 0 Å². The van der Waals surface area contributed by atoms with Crippen molar-refractivity contribution in [2.45, 2.75) is 76.8 Å². The van der Waals surface area contributed by atoms with E-state index in [2.05, 4.69) is 18.7 Å². The molecule has 2 heteroatoms. The normalized spacial score (nSPS) is 24.5. The molecule has 0 bridgehead atoms. The van der Waals surface area contributed by atoms with E-state index < -0.39 is 0 Å². The van der Waals surface area contributed by atoms with Gasteiger partial charge in [0.25, 0.3) is 0 Å². The summed E-state index contributed by atoms with van der Waals surface area (Å²) < 4.78 is 0. The largest absolute Gasteiger partial charge is 0.329 e. The standard InChI is InChI=1S/C15H30N2/c1-13(2)8-11-17(14-6-7-14)15(12-16)9-4-3-5-10-15/h13-14H,3-12,16H2,1-2H3. The average molecular weight is 238 g/mol. The van der Waals surface area contributed by atoms with Crippen LogP contribution in [0.4, 0.5) is 0 Å². The first-order valence-electron chi connectivity index (χ1n) is 7.65. The lowest BCUT2D eigenvalue weighted by molar-refractivity contribution is 0.0450. The maximum Gasteiger partial charge on any atom is 0.0334 e. The Morgan fingerprint density at radius 3 is 2.29 bits per heavy atom. The summed E-state index contributed by atoms with van der Waals surface area (Å²) in [4.78, 5) is 2.81. The molecule has 0 atom stereocenters. The van der Waals surface area contributed by atoms with Crippen molar-refractivity contribution < 1.29 is 0 Å². The summed E-state index contributed by atoms with van der Waals surface area (Å²) in [6, 6.07) is 0.871. The second-order valence-electron chi connectivity index (χ2n) is 6.60. The van der Waals surface area contributed by atoms with E-state index in [1.165, 1.54) is 57.9 Å². The third-order valence-electron chi connectivity index (χ3n) is 4.71. The van der Waals surface area contributed by atoms with Crippen LogP contribution in [0.5, 0.6) is 0 Å². The molecule has 0 aromatic rings. The fourth-order valence-corrected chi connectivity index (χ4v) is 3.41. The van der Waals surface area contributed by atoms with Gasteiger partial charge in [-0.25, -0.2) is 0 Å². The highest BCUT2D eigenvalue weighted by Crippen LogP contribution is 2.40. The lowest BCUT2D eigenvalue weighted by Crippen LogP contribution is -2.56. The van der Waals surface area contributed by atoms with Crippen LogP contribution in [0.15, 0.2) is 0 Å². The SMILES string of the molecule is CC(C)CCN(C1CC1)C1(CN)CCCCC1. The van der Waals surface area contributed by atoms with Gasteiger partial charge >= 0.3 is 0 Å². The minimum Gasteiger partial charge on any atom is -0.329 e. The predicted molar refractivity (Wildman–Crippen MR) is 74.1 cm³/mol. The van der Waals surface area contributed by atoms with E-state index in [4.69, 9.17) is 5.73 Å². The van der Waals surface area contributed by atoms with Crippen LogP contribution in [0, 0.1) is 5.92 Å². The number of nitrogens with two attached hydrogens (primary N) is 1. The Morgan fingerprint density at radius 2 is 1.82 bits per heavy atom. The number of hydrogen-bond acceptors (Lipinski definition) is 2. The highest BCUT2D eigenvalue weighted by Gasteiger charge is 2.43. The molecule has 2 nitrogen and oxygen atoms in total. The molecule has 0 saturated heterocycles. The second-order valence-corrected chi connectivity index (χ2v) is 6.60. The molecule has 0 radical (unpaired) electrons. The summed E-state index contributed by atoms with van der Waals surface area (Å²) in [5.41, 5.74) is 6.54. The summed E-state index contributed by atoms with van der Waals surface area (Å²) in [6.45, 7) is 6.82. The van der Waals surface area contributed by atoms with Crippen molar-refractivity contribution >= 4 is 0 Å². The van der Waals surface area contributed by atoms with Crippen LogP contribution in [0.3, 0.4) is 0 Å². The van der Waals surface area contributed by atoms with Crippen LogP contribution >= 0.6 is 0 Å². The van der Waals surface area contributed by atoms with Crippen LogP contribution in [0.2, 0.25) is 0 Å². The Labute approximate surface area is 107 Å². The smallest absolute Gasteiger partial charge is 0.0334 e. The molecule has 2 saturated carbocycles. The quantitative estimate of drug-likeness (QED) is 0.770. The third kappa shape index (κ3) is 3.23. The summed E-state index contributed by atoms with van der Waals surface area (Å²) in [5.74, 6) is 0.815. The zero-order chi connectivity index (χ0) is 12.3. The minimum absolute atomic E-state index is 0.369. The molecule has 2 fully saturated rings. The second kappa shape index (κ2) is 5.71. The summed E-state index contributed by atoms with van der Waals surface area (Å²) in [7, 11) is 0. The van der Waals surface area contributed by atoms with Crippen molar-refractivity contribution in [3.8, 4) is 0 Å². The van der Waals surface area contributed by atoms with Crippen molar-refractivity contribution in [2.24, 2.45) is 11.7 Å². The monoisotopic (exact) mass is 238 g/mol. The fourth-order valence-electron chi connectivity index (χ4n) is 3.41. The molecule has 0 aromatic heterocycles. The lowest BCUT2D eigenvalue weighted by Gasteiger charge is -2.46. The Kier molecular flexibility index (Phi) is 4.48. The Bertz CT molecular complexity index is 227. The van der Waals surface area contributed by atoms with Gasteiger partial charge in [0.05, 0.1) is 0 Å². The van der Waals surface area contributed by atoms with Gasteiger partial charge in [0.1, 0.15) is 0 Å². The first kappa shape index (κ1) is 13.4. The van der Waals surface area contributed by atoms with Gasteiger partial charge in [-0.15, -0.1) is 0 Å². The Hall–Kier alpha value is -0.0800. The third-order valence-corrected chi connectivity index (χ3v) is 4.71. The molecule has 2 aliphatic carbocycles. The van der Waals surface area contributed by atoms with Crippen LogP contribution in [0.1, 0.15) is 65.2 Å².